The molecule has 3 rings (SSSR count). The summed E-state index contributed by atoms with van der Waals surface area (Å²) in [5.41, 5.74) is 1.05. The molecule has 2 aromatic rings. The van der Waals surface area contributed by atoms with Gasteiger partial charge in [0, 0.05) is 12.6 Å². The van der Waals surface area contributed by atoms with Crippen molar-refractivity contribution in [3.8, 4) is 0 Å². The number of carbonyl (C=O) groups is 1. The van der Waals surface area contributed by atoms with Crippen LogP contribution in [0.5, 0.6) is 0 Å². The molecule has 1 aliphatic heterocycles. The van der Waals surface area contributed by atoms with Crippen molar-refractivity contribution in [3.63, 3.8) is 0 Å². The van der Waals surface area contributed by atoms with Crippen molar-refractivity contribution >= 4 is 23.4 Å². The van der Waals surface area contributed by atoms with Gasteiger partial charge >= 0.3 is 5.97 Å². The first kappa shape index (κ1) is 13.4. The number of esters is 1. The second-order valence-corrected chi connectivity index (χ2v) is 6.15. The summed E-state index contributed by atoms with van der Waals surface area (Å²) in [5.74, 6) is 3.53. The van der Waals surface area contributed by atoms with Crippen LogP contribution in [0.15, 0.2) is 18.3 Å². The van der Waals surface area contributed by atoms with Crippen LogP contribution in [0, 0.1) is 5.92 Å². The molecule has 0 radical (unpaired) electrons. The minimum atomic E-state index is -0.372. The van der Waals surface area contributed by atoms with Crippen LogP contribution in [-0.2, 0) is 11.2 Å². The van der Waals surface area contributed by atoms with E-state index >= 15 is 0 Å². The second-order valence-electron chi connectivity index (χ2n) is 5.00. The van der Waals surface area contributed by atoms with Gasteiger partial charge in [0.2, 0.25) is 0 Å². The lowest BCUT2D eigenvalue weighted by atomic mass is 10.0. The molecule has 106 valence electrons. The molecule has 1 unspecified atom stereocenters. The van der Waals surface area contributed by atoms with Gasteiger partial charge in [-0.15, -0.1) is 0 Å². The molecule has 3 heterocycles. The van der Waals surface area contributed by atoms with E-state index in [1.165, 1.54) is 31.5 Å². The van der Waals surface area contributed by atoms with Crippen LogP contribution in [0.25, 0.3) is 5.65 Å². The van der Waals surface area contributed by atoms with Crippen LogP contribution in [0.2, 0.25) is 0 Å². The Hall–Kier alpha value is -1.56. The number of hydrogen-bond donors (Lipinski definition) is 0. The molecule has 0 spiro atoms. The van der Waals surface area contributed by atoms with E-state index in [2.05, 4.69) is 10.1 Å². The van der Waals surface area contributed by atoms with Crippen LogP contribution in [-0.4, -0.2) is 39.2 Å². The van der Waals surface area contributed by atoms with Gasteiger partial charge in [0.15, 0.2) is 11.5 Å². The third-order valence-corrected chi connectivity index (χ3v) is 4.82. The fraction of sp³-hybridized carbons (Fsp3) is 0.500. The van der Waals surface area contributed by atoms with E-state index in [4.69, 9.17) is 4.74 Å². The highest BCUT2D eigenvalue weighted by Gasteiger charge is 2.19. The lowest BCUT2D eigenvalue weighted by Gasteiger charge is -2.19. The number of rotatable bonds is 3. The van der Waals surface area contributed by atoms with Gasteiger partial charge in [0.1, 0.15) is 5.56 Å². The van der Waals surface area contributed by atoms with Crippen molar-refractivity contribution in [2.45, 2.75) is 19.3 Å². The quantitative estimate of drug-likeness (QED) is 0.811. The highest BCUT2D eigenvalue weighted by molar-refractivity contribution is 7.99. The van der Waals surface area contributed by atoms with Gasteiger partial charge < -0.3 is 4.74 Å². The van der Waals surface area contributed by atoms with Gasteiger partial charge in [0.05, 0.1) is 7.11 Å². The third kappa shape index (κ3) is 2.65. The first-order valence-electron chi connectivity index (χ1n) is 6.78. The van der Waals surface area contributed by atoms with Crippen molar-refractivity contribution in [2.75, 3.05) is 18.6 Å². The summed E-state index contributed by atoms with van der Waals surface area (Å²) in [6, 6.07) is 3.50. The van der Waals surface area contributed by atoms with Crippen LogP contribution < -0.4 is 0 Å². The zero-order valence-electron chi connectivity index (χ0n) is 11.4. The topological polar surface area (TPSA) is 56.5 Å². The number of aromatic nitrogens is 3. The predicted molar refractivity (Wildman–Crippen MR) is 78.1 cm³/mol. The first-order chi connectivity index (χ1) is 9.78. The van der Waals surface area contributed by atoms with E-state index in [0.29, 0.717) is 17.1 Å². The standard InChI is InChI=1S/C14H17N3O2S/c1-19-14(18)11-5-2-6-17-13(11)15-12(16-17)8-10-4-3-7-20-9-10/h2,5-6,10H,3-4,7-9H2,1H3. The van der Waals surface area contributed by atoms with E-state index < -0.39 is 0 Å². The zero-order valence-corrected chi connectivity index (χ0v) is 12.2. The Kier molecular flexibility index (Phi) is 3.91. The first-order valence-corrected chi connectivity index (χ1v) is 7.93. The number of carbonyl (C=O) groups excluding carboxylic acids is 1. The molecule has 20 heavy (non-hydrogen) atoms. The van der Waals surface area contributed by atoms with Gasteiger partial charge in [-0.25, -0.2) is 14.3 Å². The van der Waals surface area contributed by atoms with Gasteiger partial charge in [-0.1, -0.05) is 0 Å². The van der Waals surface area contributed by atoms with Gasteiger partial charge in [-0.2, -0.15) is 16.9 Å². The molecule has 1 saturated heterocycles. The van der Waals surface area contributed by atoms with Crippen LogP contribution in [0.3, 0.4) is 0 Å². The molecule has 0 amide bonds. The molecular weight excluding hydrogens is 274 g/mol. The highest BCUT2D eigenvalue weighted by Crippen LogP contribution is 2.25. The molecule has 1 fully saturated rings. The normalized spacial score (nSPS) is 19.1. The SMILES string of the molecule is COC(=O)c1cccn2nc(CC3CCCSC3)nc12. The van der Waals surface area contributed by atoms with Crippen molar-refractivity contribution in [3.05, 3.63) is 29.7 Å². The predicted octanol–water partition coefficient (Wildman–Crippen LogP) is 2.20. The monoisotopic (exact) mass is 291 g/mol. The maximum atomic E-state index is 11.7. The minimum absolute atomic E-state index is 0.372. The maximum Gasteiger partial charge on any atom is 0.341 e. The fourth-order valence-corrected chi connectivity index (χ4v) is 3.69. The molecular formula is C14H17N3O2S. The Morgan fingerprint density at radius 3 is 3.25 bits per heavy atom. The Balaban J connectivity index is 1.88. The number of hydrogen-bond acceptors (Lipinski definition) is 5. The number of ether oxygens (including phenoxy) is 1. The second kappa shape index (κ2) is 5.83. The molecule has 0 bridgehead atoms. The number of fused-ring (bicyclic) bond motifs is 1. The summed E-state index contributed by atoms with van der Waals surface area (Å²) in [6.45, 7) is 0. The van der Waals surface area contributed by atoms with E-state index in [0.717, 1.165) is 12.2 Å². The summed E-state index contributed by atoms with van der Waals surface area (Å²) in [7, 11) is 1.38. The lowest BCUT2D eigenvalue weighted by molar-refractivity contribution is 0.0602. The maximum absolute atomic E-state index is 11.7. The van der Waals surface area contributed by atoms with E-state index in [9.17, 15) is 4.79 Å². The number of thioether (sulfide) groups is 1. The van der Waals surface area contributed by atoms with Gasteiger partial charge in [-0.05, 0) is 42.4 Å². The Labute approximate surface area is 121 Å². The minimum Gasteiger partial charge on any atom is -0.465 e. The lowest BCUT2D eigenvalue weighted by Crippen LogP contribution is -2.13. The van der Waals surface area contributed by atoms with Crippen LogP contribution in [0.1, 0.15) is 29.0 Å². The molecule has 2 aromatic heterocycles. The molecule has 0 aliphatic carbocycles. The zero-order chi connectivity index (χ0) is 13.9. The Morgan fingerprint density at radius 1 is 1.60 bits per heavy atom. The fourth-order valence-electron chi connectivity index (χ4n) is 2.53. The molecule has 0 N–H and O–H groups in total. The van der Waals surface area contributed by atoms with E-state index in [-0.39, 0.29) is 5.97 Å². The van der Waals surface area contributed by atoms with E-state index in [1.807, 2.05) is 18.0 Å². The smallest absolute Gasteiger partial charge is 0.341 e. The summed E-state index contributed by atoms with van der Waals surface area (Å²) in [4.78, 5) is 16.2. The Bertz CT molecular complexity index is 620. The number of pyridine rings is 1. The van der Waals surface area contributed by atoms with Crippen LogP contribution >= 0.6 is 11.8 Å². The van der Waals surface area contributed by atoms with Crippen molar-refractivity contribution < 1.29 is 9.53 Å². The average Bonchev–Trinajstić information content (AvgIpc) is 2.89. The molecule has 5 nitrogen and oxygen atoms in total. The van der Waals surface area contributed by atoms with Gasteiger partial charge in [0.25, 0.3) is 0 Å². The summed E-state index contributed by atoms with van der Waals surface area (Å²) >= 11 is 2.00. The van der Waals surface area contributed by atoms with Crippen molar-refractivity contribution in [1.82, 2.24) is 14.6 Å². The largest absolute Gasteiger partial charge is 0.465 e. The molecule has 0 aromatic carbocycles. The number of nitrogens with zero attached hydrogens (tertiary/aromatic N) is 3. The third-order valence-electron chi connectivity index (χ3n) is 3.54. The van der Waals surface area contributed by atoms with Crippen molar-refractivity contribution in [1.29, 1.82) is 0 Å². The molecule has 6 heteroatoms. The average molecular weight is 291 g/mol. The highest BCUT2D eigenvalue weighted by atomic mass is 32.2. The summed E-state index contributed by atoms with van der Waals surface area (Å²) in [6.07, 6.45) is 5.21. The molecule has 1 atom stereocenters. The molecule has 1 aliphatic rings. The van der Waals surface area contributed by atoms with Crippen LogP contribution in [0.4, 0.5) is 0 Å². The number of methoxy groups -OCH3 is 1. The van der Waals surface area contributed by atoms with Crippen molar-refractivity contribution in [2.24, 2.45) is 5.92 Å². The van der Waals surface area contributed by atoms with E-state index in [1.54, 1.807) is 16.6 Å². The summed E-state index contributed by atoms with van der Waals surface area (Å²) in [5, 5.41) is 4.47. The summed E-state index contributed by atoms with van der Waals surface area (Å²) < 4.78 is 6.44. The Morgan fingerprint density at radius 2 is 2.50 bits per heavy atom. The van der Waals surface area contributed by atoms with Gasteiger partial charge in [-0.3, -0.25) is 0 Å². The molecule has 0 saturated carbocycles.